The minimum Gasteiger partial charge on any atom is -0.354 e. The fourth-order valence-electron chi connectivity index (χ4n) is 1.74. The van der Waals surface area contributed by atoms with Crippen LogP contribution in [0.25, 0.3) is 0 Å². The van der Waals surface area contributed by atoms with Gasteiger partial charge in [-0.2, -0.15) is 0 Å². The molecule has 0 spiro atoms. The fraction of sp³-hybridized carbons (Fsp3) is 0.625. The summed E-state index contributed by atoms with van der Waals surface area (Å²) in [5.74, 6) is 0.0926. The number of carbonyl (C=O) groups is 1. The molecule has 0 amide bonds. The van der Waals surface area contributed by atoms with E-state index in [9.17, 15) is 4.79 Å². The van der Waals surface area contributed by atoms with E-state index in [4.69, 9.17) is 4.74 Å². The average Bonchev–Trinajstić information content (AvgIpc) is 2.29. The van der Waals surface area contributed by atoms with E-state index >= 15 is 0 Å². The number of Topliss-reactive ketones (excluding diaryl/α,β-unsaturated/α-hetero) is 1. The van der Waals surface area contributed by atoms with Gasteiger partial charge < -0.3 is 4.74 Å². The van der Waals surface area contributed by atoms with Gasteiger partial charge in [0.05, 0.1) is 0 Å². The van der Waals surface area contributed by atoms with Crippen molar-refractivity contribution in [3.63, 3.8) is 0 Å². The molecule has 2 rings (SSSR count). The number of hydrogen-bond acceptors (Lipinski definition) is 2. The third kappa shape index (κ3) is 0.399. The summed E-state index contributed by atoms with van der Waals surface area (Å²) >= 11 is 0. The van der Waals surface area contributed by atoms with E-state index in [1.165, 1.54) is 0 Å². The third-order valence-electron chi connectivity index (χ3n) is 2.70. The Morgan fingerprint density at radius 3 is 2.40 bits per heavy atom. The van der Waals surface area contributed by atoms with Crippen LogP contribution in [0, 0.1) is 0 Å². The summed E-state index contributed by atoms with van der Waals surface area (Å²) in [4.78, 5) is 11.2. The maximum absolute atomic E-state index is 11.2. The highest BCUT2D eigenvalue weighted by Gasteiger charge is 2.73. The van der Waals surface area contributed by atoms with Crippen molar-refractivity contribution in [3.8, 4) is 0 Å². The van der Waals surface area contributed by atoms with Gasteiger partial charge in [-0.3, -0.25) is 4.79 Å². The number of fused-ring (bicyclic) bond motifs is 1. The second-order valence-corrected chi connectivity index (χ2v) is 3.48. The largest absolute Gasteiger partial charge is 0.354 e. The Morgan fingerprint density at radius 1 is 1.60 bits per heavy atom. The summed E-state index contributed by atoms with van der Waals surface area (Å²) in [6, 6.07) is 0. The van der Waals surface area contributed by atoms with E-state index in [0.717, 1.165) is 5.57 Å². The molecule has 1 saturated heterocycles. The van der Waals surface area contributed by atoms with Gasteiger partial charge in [0, 0.05) is 6.42 Å². The molecule has 2 fully saturated rings. The molecule has 54 valence electrons. The van der Waals surface area contributed by atoms with Crippen molar-refractivity contribution >= 4 is 5.78 Å². The predicted molar refractivity (Wildman–Crippen MR) is 36.7 cm³/mol. The molecule has 2 aliphatic rings. The molecule has 1 heterocycles. The standard InChI is InChI=1S/C8H10O2/c1-5-4-7(2)8(3,10-7)6(5)9/h1,4H2,2-3H3/t7-,8+/m1/s1. The van der Waals surface area contributed by atoms with Crippen molar-refractivity contribution in [1.29, 1.82) is 0 Å². The van der Waals surface area contributed by atoms with E-state index in [-0.39, 0.29) is 11.4 Å². The van der Waals surface area contributed by atoms with Crippen LogP contribution in [0.1, 0.15) is 20.3 Å². The van der Waals surface area contributed by atoms with Crippen LogP contribution in [0.4, 0.5) is 0 Å². The predicted octanol–water partition coefficient (Wildman–Crippen LogP) is 1.06. The van der Waals surface area contributed by atoms with Crippen molar-refractivity contribution in [2.45, 2.75) is 31.5 Å². The zero-order valence-corrected chi connectivity index (χ0v) is 6.23. The van der Waals surface area contributed by atoms with Gasteiger partial charge in [-0.25, -0.2) is 0 Å². The summed E-state index contributed by atoms with van der Waals surface area (Å²) in [7, 11) is 0. The van der Waals surface area contributed by atoms with Crippen LogP contribution in [0.15, 0.2) is 12.2 Å². The highest BCUT2D eigenvalue weighted by Crippen LogP contribution is 2.58. The summed E-state index contributed by atoms with van der Waals surface area (Å²) in [6.07, 6.45) is 0.711. The van der Waals surface area contributed by atoms with Crippen LogP contribution < -0.4 is 0 Å². The Hall–Kier alpha value is -0.630. The van der Waals surface area contributed by atoms with E-state index in [2.05, 4.69) is 6.58 Å². The van der Waals surface area contributed by atoms with E-state index in [1.54, 1.807) is 0 Å². The van der Waals surface area contributed by atoms with Gasteiger partial charge >= 0.3 is 0 Å². The quantitative estimate of drug-likeness (QED) is 0.370. The second-order valence-electron chi connectivity index (χ2n) is 3.48. The Kier molecular flexibility index (Phi) is 0.740. The fourth-order valence-corrected chi connectivity index (χ4v) is 1.74. The van der Waals surface area contributed by atoms with Gasteiger partial charge in [0.25, 0.3) is 0 Å². The van der Waals surface area contributed by atoms with Crippen molar-refractivity contribution in [3.05, 3.63) is 12.2 Å². The van der Waals surface area contributed by atoms with Crippen molar-refractivity contribution in [2.24, 2.45) is 0 Å². The number of ether oxygens (including phenoxy) is 1. The summed E-state index contributed by atoms with van der Waals surface area (Å²) < 4.78 is 5.30. The van der Waals surface area contributed by atoms with Gasteiger partial charge in [0.2, 0.25) is 0 Å². The molecule has 2 nitrogen and oxygen atoms in total. The molecule has 0 aromatic carbocycles. The van der Waals surface area contributed by atoms with Crippen molar-refractivity contribution in [1.82, 2.24) is 0 Å². The molecule has 2 heteroatoms. The van der Waals surface area contributed by atoms with Gasteiger partial charge in [-0.1, -0.05) is 6.58 Å². The average molecular weight is 138 g/mol. The smallest absolute Gasteiger partial charge is 0.192 e. The lowest BCUT2D eigenvalue weighted by Crippen LogP contribution is -2.20. The van der Waals surface area contributed by atoms with Crippen LogP contribution in [0.5, 0.6) is 0 Å². The molecule has 1 aliphatic carbocycles. The van der Waals surface area contributed by atoms with Crippen LogP contribution in [-0.4, -0.2) is 17.0 Å². The number of rotatable bonds is 0. The Morgan fingerprint density at radius 2 is 2.20 bits per heavy atom. The summed E-state index contributed by atoms with van der Waals surface area (Å²) in [5.41, 5.74) is 0.00174. The van der Waals surface area contributed by atoms with Gasteiger partial charge in [0.1, 0.15) is 5.60 Å². The lowest BCUT2D eigenvalue weighted by molar-refractivity contribution is -0.119. The highest BCUT2D eigenvalue weighted by atomic mass is 16.6. The van der Waals surface area contributed by atoms with Gasteiger partial charge in [-0.15, -0.1) is 0 Å². The zero-order chi connectivity index (χ0) is 7.57. The molecule has 0 aromatic heterocycles. The number of ketones is 1. The van der Waals surface area contributed by atoms with E-state index in [0.29, 0.717) is 6.42 Å². The summed E-state index contributed by atoms with van der Waals surface area (Å²) in [6.45, 7) is 7.48. The summed E-state index contributed by atoms with van der Waals surface area (Å²) in [5, 5.41) is 0. The molecular weight excluding hydrogens is 128 g/mol. The van der Waals surface area contributed by atoms with Gasteiger partial charge in [-0.05, 0) is 19.4 Å². The maximum Gasteiger partial charge on any atom is 0.192 e. The lowest BCUT2D eigenvalue weighted by Gasteiger charge is -1.97. The molecule has 0 unspecified atom stereocenters. The molecular formula is C8H10O2. The van der Waals surface area contributed by atoms with Crippen molar-refractivity contribution in [2.75, 3.05) is 0 Å². The first-order valence-electron chi connectivity index (χ1n) is 3.42. The normalized spacial score (nSPS) is 51.4. The number of epoxide rings is 1. The van der Waals surface area contributed by atoms with Crippen LogP contribution in [0.3, 0.4) is 0 Å². The first-order chi connectivity index (χ1) is 4.50. The lowest BCUT2D eigenvalue weighted by atomic mass is 10.0. The van der Waals surface area contributed by atoms with Crippen LogP contribution in [0.2, 0.25) is 0 Å². The van der Waals surface area contributed by atoms with Crippen LogP contribution >= 0.6 is 0 Å². The topological polar surface area (TPSA) is 29.6 Å². The Bertz CT molecular complexity index is 244. The van der Waals surface area contributed by atoms with E-state index < -0.39 is 5.60 Å². The molecule has 0 N–H and O–H groups in total. The molecule has 0 bridgehead atoms. The molecule has 1 saturated carbocycles. The molecule has 0 aromatic rings. The first-order valence-corrected chi connectivity index (χ1v) is 3.42. The second kappa shape index (κ2) is 1.21. The molecule has 0 radical (unpaired) electrons. The van der Waals surface area contributed by atoms with Crippen molar-refractivity contribution < 1.29 is 9.53 Å². The highest BCUT2D eigenvalue weighted by molar-refractivity contribution is 6.07. The molecule has 2 atom stereocenters. The minimum atomic E-state index is -0.510. The first kappa shape index (κ1) is 6.10. The Labute approximate surface area is 59.9 Å². The Balaban J connectivity index is 2.44. The molecule has 1 aliphatic heterocycles. The zero-order valence-electron chi connectivity index (χ0n) is 6.23. The number of hydrogen-bond donors (Lipinski definition) is 0. The third-order valence-corrected chi connectivity index (χ3v) is 2.70. The monoisotopic (exact) mass is 138 g/mol. The van der Waals surface area contributed by atoms with Gasteiger partial charge in [0.15, 0.2) is 11.4 Å². The maximum atomic E-state index is 11.2. The number of carbonyl (C=O) groups excluding carboxylic acids is 1. The van der Waals surface area contributed by atoms with Crippen LogP contribution in [-0.2, 0) is 9.53 Å². The SMILES string of the molecule is C=C1C[C@@]2(C)O[C@@]2(C)C1=O. The van der Waals surface area contributed by atoms with E-state index in [1.807, 2.05) is 13.8 Å². The molecule has 10 heavy (non-hydrogen) atoms. The minimum absolute atomic E-state index is 0.0926.